The molecule has 1 unspecified atom stereocenters. The molecule has 0 aliphatic heterocycles. The van der Waals surface area contributed by atoms with Crippen molar-refractivity contribution in [3.05, 3.63) is 97.6 Å². The summed E-state index contributed by atoms with van der Waals surface area (Å²) in [6.07, 6.45) is -0.305. The molecule has 1 amide bonds. The van der Waals surface area contributed by atoms with E-state index in [1.807, 2.05) is 19.1 Å². The molecule has 3 rings (SSSR count). The number of nitro groups is 1. The van der Waals surface area contributed by atoms with Gasteiger partial charge in [0.15, 0.2) is 0 Å². The van der Waals surface area contributed by atoms with Gasteiger partial charge in [0.1, 0.15) is 11.5 Å². The van der Waals surface area contributed by atoms with Crippen molar-refractivity contribution in [1.82, 2.24) is 0 Å². The predicted octanol–water partition coefficient (Wildman–Crippen LogP) is 4.03. The normalized spacial score (nSPS) is 11.7. The molecule has 0 saturated heterocycles. The van der Waals surface area contributed by atoms with Crippen LogP contribution in [0.4, 0.5) is 11.4 Å². The number of amides is 1. The SMILES string of the molecule is Cc1ccc(NC(=O)CC(c2ccccc2[N+](=O)[O-])c2c(O)cc(C)oc2=O)cc1. The monoisotopic (exact) mass is 408 g/mol. The number of carbonyl (C=O) groups is 1. The van der Waals surface area contributed by atoms with E-state index in [-0.39, 0.29) is 34.7 Å². The van der Waals surface area contributed by atoms with Crippen LogP contribution in [0.3, 0.4) is 0 Å². The molecule has 0 aliphatic rings. The summed E-state index contributed by atoms with van der Waals surface area (Å²) in [6.45, 7) is 3.41. The molecule has 3 aromatic rings. The van der Waals surface area contributed by atoms with E-state index in [0.717, 1.165) is 5.56 Å². The zero-order chi connectivity index (χ0) is 21.8. The smallest absolute Gasteiger partial charge is 0.343 e. The number of benzene rings is 2. The summed E-state index contributed by atoms with van der Waals surface area (Å²) in [7, 11) is 0. The second kappa shape index (κ2) is 8.60. The number of anilines is 1. The lowest BCUT2D eigenvalue weighted by Crippen LogP contribution is -2.21. The van der Waals surface area contributed by atoms with Crippen molar-refractivity contribution in [2.75, 3.05) is 5.32 Å². The van der Waals surface area contributed by atoms with Crippen molar-refractivity contribution in [2.45, 2.75) is 26.2 Å². The van der Waals surface area contributed by atoms with Crippen molar-refractivity contribution in [1.29, 1.82) is 0 Å². The molecule has 2 aromatic carbocycles. The zero-order valence-corrected chi connectivity index (χ0v) is 16.4. The molecule has 1 aromatic heterocycles. The molecule has 30 heavy (non-hydrogen) atoms. The van der Waals surface area contributed by atoms with Gasteiger partial charge in [0, 0.05) is 35.7 Å². The summed E-state index contributed by atoms with van der Waals surface area (Å²) in [4.78, 5) is 36.2. The molecule has 0 bridgehead atoms. The zero-order valence-electron chi connectivity index (χ0n) is 16.4. The van der Waals surface area contributed by atoms with Gasteiger partial charge >= 0.3 is 5.63 Å². The Morgan fingerprint density at radius 1 is 1.17 bits per heavy atom. The summed E-state index contributed by atoms with van der Waals surface area (Å²) in [5.41, 5.74) is 0.394. The van der Waals surface area contributed by atoms with Crippen molar-refractivity contribution < 1.29 is 19.2 Å². The van der Waals surface area contributed by atoms with Gasteiger partial charge in [0.25, 0.3) is 5.69 Å². The van der Waals surface area contributed by atoms with Gasteiger partial charge in [0.05, 0.1) is 10.5 Å². The molecule has 2 N–H and O–H groups in total. The number of hydrogen-bond donors (Lipinski definition) is 2. The maximum absolute atomic E-state index is 12.7. The molecule has 0 radical (unpaired) electrons. The first-order valence-corrected chi connectivity index (χ1v) is 9.19. The summed E-state index contributed by atoms with van der Waals surface area (Å²) in [6, 6.07) is 14.2. The first-order valence-electron chi connectivity index (χ1n) is 9.19. The highest BCUT2D eigenvalue weighted by molar-refractivity contribution is 5.91. The van der Waals surface area contributed by atoms with Crippen molar-refractivity contribution >= 4 is 17.3 Å². The lowest BCUT2D eigenvalue weighted by Gasteiger charge is -2.18. The van der Waals surface area contributed by atoms with Crippen molar-refractivity contribution in [3.63, 3.8) is 0 Å². The summed E-state index contributed by atoms with van der Waals surface area (Å²) < 4.78 is 5.09. The van der Waals surface area contributed by atoms with E-state index in [9.17, 15) is 24.8 Å². The molecule has 0 fully saturated rings. The number of para-hydroxylation sites is 1. The third-order valence-electron chi connectivity index (χ3n) is 4.67. The van der Waals surface area contributed by atoms with E-state index < -0.39 is 22.4 Å². The standard InChI is InChI=1S/C22H20N2O6/c1-13-7-9-15(10-8-13)23-20(26)12-17(16-5-3-4-6-18(16)24(28)29)21-19(25)11-14(2)30-22(21)27/h3-11,17,25H,12H2,1-2H3,(H,23,26). The predicted molar refractivity (Wildman–Crippen MR) is 111 cm³/mol. The van der Waals surface area contributed by atoms with Crippen LogP contribution in [0.2, 0.25) is 0 Å². The van der Waals surface area contributed by atoms with E-state index in [2.05, 4.69) is 5.32 Å². The highest BCUT2D eigenvalue weighted by Gasteiger charge is 2.30. The van der Waals surface area contributed by atoms with E-state index in [0.29, 0.717) is 5.69 Å². The number of aromatic hydroxyl groups is 1. The summed E-state index contributed by atoms with van der Waals surface area (Å²) >= 11 is 0. The van der Waals surface area contributed by atoms with E-state index in [1.165, 1.54) is 31.2 Å². The van der Waals surface area contributed by atoms with Gasteiger partial charge in [-0.1, -0.05) is 35.9 Å². The van der Waals surface area contributed by atoms with Crippen LogP contribution >= 0.6 is 0 Å². The van der Waals surface area contributed by atoms with Gasteiger partial charge in [-0.2, -0.15) is 0 Å². The minimum Gasteiger partial charge on any atom is -0.507 e. The number of carbonyl (C=O) groups excluding carboxylic acids is 1. The van der Waals surface area contributed by atoms with Gasteiger partial charge in [-0.15, -0.1) is 0 Å². The van der Waals surface area contributed by atoms with Crippen LogP contribution in [0.1, 0.15) is 34.8 Å². The number of nitrogens with zero attached hydrogens (tertiary/aromatic N) is 1. The molecule has 8 heteroatoms. The Bertz CT molecular complexity index is 1150. The molecule has 154 valence electrons. The van der Waals surface area contributed by atoms with Gasteiger partial charge in [0.2, 0.25) is 5.91 Å². The Hall–Kier alpha value is -3.94. The molecule has 1 atom stereocenters. The molecule has 8 nitrogen and oxygen atoms in total. The molecule has 1 heterocycles. The fourth-order valence-corrected chi connectivity index (χ4v) is 3.28. The maximum Gasteiger partial charge on any atom is 0.343 e. The van der Waals surface area contributed by atoms with E-state index in [4.69, 9.17) is 4.42 Å². The van der Waals surface area contributed by atoms with Gasteiger partial charge < -0.3 is 14.8 Å². The largest absolute Gasteiger partial charge is 0.507 e. The van der Waals surface area contributed by atoms with Gasteiger partial charge in [-0.25, -0.2) is 4.79 Å². The van der Waals surface area contributed by atoms with Crippen molar-refractivity contribution in [2.24, 2.45) is 0 Å². The quantitative estimate of drug-likeness (QED) is 0.469. The van der Waals surface area contributed by atoms with E-state index >= 15 is 0 Å². The van der Waals surface area contributed by atoms with E-state index in [1.54, 1.807) is 18.2 Å². The van der Waals surface area contributed by atoms with Crippen LogP contribution in [-0.4, -0.2) is 15.9 Å². The lowest BCUT2D eigenvalue weighted by molar-refractivity contribution is -0.385. The third-order valence-corrected chi connectivity index (χ3v) is 4.67. The molecular formula is C22H20N2O6. The number of nitro benzene ring substituents is 1. The first kappa shape index (κ1) is 20.8. The van der Waals surface area contributed by atoms with Crippen LogP contribution in [0.15, 0.2) is 63.8 Å². The fourth-order valence-electron chi connectivity index (χ4n) is 3.28. The van der Waals surface area contributed by atoms with Gasteiger partial charge in [-0.05, 0) is 26.0 Å². The van der Waals surface area contributed by atoms with Crippen LogP contribution < -0.4 is 10.9 Å². The van der Waals surface area contributed by atoms with Crippen LogP contribution in [0.25, 0.3) is 0 Å². The highest BCUT2D eigenvalue weighted by Crippen LogP contribution is 2.37. The Morgan fingerprint density at radius 2 is 1.83 bits per heavy atom. The second-order valence-corrected chi connectivity index (χ2v) is 6.93. The third kappa shape index (κ3) is 4.54. The van der Waals surface area contributed by atoms with Crippen LogP contribution in [-0.2, 0) is 4.79 Å². The van der Waals surface area contributed by atoms with Gasteiger partial charge in [-0.3, -0.25) is 14.9 Å². The van der Waals surface area contributed by atoms with Crippen molar-refractivity contribution in [3.8, 4) is 5.75 Å². The maximum atomic E-state index is 12.7. The number of aryl methyl sites for hydroxylation is 2. The molecule has 0 aliphatic carbocycles. The van der Waals surface area contributed by atoms with Crippen LogP contribution in [0, 0.1) is 24.0 Å². The Labute approximate surface area is 171 Å². The Balaban J connectivity index is 2.05. The Morgan fingerprint density at radius 3 is 2.47 bits per heavy atom. The number of hydrogen-bond acceptors (Lipinski definition) is 6. The minimum absolute atomic E-state index is 0.132. The first-order chi connectivity index (χ1) is 14.3. The average Bonchev–Trinajstić information content (AvgIpc) is 2.68. The van der Waals surface area contributed by atoms with Crippen LogP contribution in [0.5, 0.6) is 5.75 Å². The highest BCUT2D eigenvalue weighted by atomic mass is 16.6. The fraction of sp³-hybridized carbons (Fsp3) is 0.182. The number of nitrogens with one attached hydrogen (secondary N) is 1. The minimum atomic E-state index is -1.08. The summed E-state index contributed by atoms with van der Waals surface area (Å²) in [5.74, 6) is -1.74. The Kier molecular flexibility index (Phi) is 5.96. The lowest BCUT2D eigenvalue weighted by atomic mass is 9.87. The number of rotatable bonds is 6. The topological polar surface area (TPSA) is 123 Å². The molecule has 0 spiro atoms. The second-order valence-electron chi connectivity index (χ2n) is 6.93. The summed E-state index contributed by atoms with van der Waals surface area (Å²) in [5, 5.41) is 24.7. The molecule has 0 saturated carbocycles. The average molecular weight is 408 g/mol. The molecular weight excluding hydrogens is 388 g/mol.